The van der Waals surface area contributed by atoms with Crippen molar-refractivity contribution >= 4 is 11.6 Å². The number of anilines is 1. The number of likely N-dealkylation sites (tertiary alicyclic amines) is 1. The lowest BCUT2D eigenvalue weighted by Gasteiger charge is -2.22. The van der Waals surface area contributed by atoms with Crippen LogP contribution in [0.25, 0.3) is 0 Å². The molecule has 4 heteroatoms. The van der Waals surface area contributed by atoms with Crippen molar-refractivity contribution in [2.75, 3.05) is 18.4 Å². The molecule has 0 radical (unpaired) electrons. The molecule has 0 saturated carbocycles. The lowest BCUT2D eigenvalue weighted by atomic mass is 10.1. The number of hydrogen-bond acceptors (Lipinski definition) is 3. The molecule has 1 aliphatic heterocycles. The Balaban J connectivity index is 2.23. The van der Waals surface area contributed by atoms with Gasteiger partial charge in [-0.25, -0.2) is 0 Å². The first-order chi connectivity index (χ1) is 8.63. The molecule has 2 unspecified atom stereocenters. The monoisotopic (exact) mass is 247 g/mol. The van der Waals surface area contributed by atoms with E-state index in [1.54, 1.807) is 18.5 Å². The van der Waals surface area contributed by atoms with Crippen molar-refractivity contribution in [1.29, 1.82) is 0 Å². The highest BCUT2D eigenvalue weighted by atomic mass is 16.2. The lowest BCUT2D eigenvalue weighted by Crippen LogP contribution is -2.34. The minimum atomic E-state index is 0.116. The van der Waals surface area contributed by atoms with Gasteiger partial charge in [0.2, 0.25) is 0 Å². The van der Waals surface area contributed by atoms with Crippen LogP contribution in [0.2, 0.25) is 0 Å². The van der Waals surface area contributed by atoms with E-state index in [1.165, 1.54) is 0 Å². The highest BCUT2D eigenvalue weighted by molar-refractivity contribution is 5.99. The van der Waals surface area contributed by atoms with Gasteiger partial charge in [0.05, 0.1) is 17.4 Å². The van der Waals surface area contributed by atoms with Gasteiger partial charge >= 0.3 is 0 Å². The van der Waals surface area contributed by atoms with Crippen molar-refractivity contribution in [2.45, 2.75) is 33.2 Å². The molecule has 0 bridgehead atoms. The molecule has 2 atom stereocenters. The molecule has 1 aromatic rings. The molecule has 1 N–H and O–H groups in total. The number of carbonyl (C=O) groups is 1. The van der Waals surface area contributed by atoms with Gasteiger partial charge in [-0.05, 0) is 32.3 Å². The summed E-state index contributed by atoms with van der Waals surface area (Å²) in [4.78, 5) is 18.6. The summed E-state index contributed by atoms with van der Waals surface area (Å²) in [7, 11) is 0. The number of pyridine rings is 1. The number of aromatic nitrogens is 1. The fourth-order valence-electron chi connectivity index (χ4n) is 2.65. The van der Waals surface area contributed by atoms with Crippen LogP contribution in [-0.4, -0.2) is 34.9 Å². The highest BCUT2D eigenvalue weighted by Crippen LogP contribution is 2.26. The summed E-state index contributed by atoms with van der Waals surface area (Å²) in [5, 5.41) is 3.20. The van der Waals surface area contributed by atoms with Gasteiger partial charge in [0.25, 0.3) is 5.91 Å². The molecule has 1 aromatic heterocycles. The Kier molecular flexibility index (Phi) is 3.84. The first-order valence-electron chi connectivity index (χ1n) is 6.62. The third-order valence-corrected chi connectivity index (χ3v) is 3.46. The fourth-order valence-corrected chi connectivity index (χ4v) is 2.65. The number of nitrogens with zero attached hydrogens (tertiary/aromatic N) is 2. The Labute approximate surface area is 108 Å². The molecule has 0 spiro atoms. The van der Waals surface area contributed by atoms with Gasteiger partial charge in [-0.15, -0.1) is 0 Å². The predicted octanol–water partition coefficient (Wildman–Crippen LogP) is 2.38. The molecule has 4 nitrogen and oxygen atoms in total. The van der Waals surface area contributed by atoms with Gasteiger partial charge in [0, 0.05) is 25.3 Å². The van der Waals surface area contributed by atoms with Gasteiger partial charge in [0.1, 0.15) is 0 Å². The molecule has 1 aliphatic rings. The molecule has 0 aliphatic carbocycles. The lowest BCUT2D eigenvalue weighted by molar-refractivity contribution is 0.0744. The van der Waals surface area contributed by atoms with Gasteiger partial charge in [0.15, 0.2) is 0 Å². The van der Waals surface area contributed by atoms with E-state index < -0.39 is 0 Å². The van der Waals surface area contributed by atoms with Crippen LogP contribution in [0, 0.1) is 5.92 Å². The quantitative estimate of drug-likeness (QED) is 0.892. The second-order valence-electron chi connectivity index (χ2n) is 5.10. The topological polar surface area (TPSA) is 45.2 Å². The van der Waals surface area contributed by atoms with Crippen molar-refractivity contribution in [2.24, 2.45) is 5.92 Å². The molecule has 2 heterocycles. The maximum atomic E-state index is 12.6. The van der Waals surface area contributed by atoms with Crippen LogP contribution < -0.4 is 5.32 Å². The van der Waals surface area contributed by atoms with E-state index in [1.807, 2.05) is 11.8 Å². The Hall–Kier alpha value is -1.58. The maximum Gasteiger partial charge on any atom is 0.256 e. The van der Waals surface area contributed by atoms with Crippen LogP contribution in [0.3, 0.4) is 0 Å². The average molecular weight is 247 g/mol. The summed E-state index contributed by atoms with van der Waals surface area (Å²) in [5.74, 6) is 0.707. The van der Waals surface area contributed by atoms with Crippen molar-refractivity contribution in [3.63, 3.8) is 0 Å². The fraction of sp³-hybridized carbons (Fsp3) is 0.571. The van der Waals surface area contributed by atoms with Crippen molar-refractivity contribution in [1.82, 2.24) is 9.88 Å². The summed E-state index contributed by atoms with van der Waals surface area (Å²) in [6, 6.07) is 2.13. The molecule has 2 rings (SSSR count). The summed E-state index contributed by atoms with van der Waals surface area (Å²) in [5.41, 5.74) is 1.56. The third-order valence-electron chi connectivity index (χ3n) is 3.46. The Morgan fingerprint density at radius 3 is 2.94 bits per heavy atom. The minimum absolute atomic E-state index is 0.116. The van der Waals surface area contributed by atoms with Crippen LogP contribution >= 0.6 is 0 Å². The van der Waals surface area contributed by atoms with E-state index in [0.717, 1.165) is 30.8 Å². The zero-order valence-corrected chi connectivity index (χ0v) is 11.3. The average Bonchev–Trinajstić information content (AvgIpc) is 2.69. The van der Waals surface area contributed by atoms with E-state index in [4.69, 9.17) is 0 Å². The summed E-state index contributed by atoms with van der Waals surface area (Å²) >= 11 is 0. The summed E-state index contributed by atoms with van der Waals surface area (Å²) in [6.07, 6.45) is 4.49. The molecule has 98 valence electrons. The van der Waals surface area contributed by atoms with Gasteiger partial charge in [-0.3, -0.25) is 9.78 Å². The number of amides is 1. The molecule has 1 amide bonds. The first kappa shape index (κ1) is 12.9. The van der Waals surface area contributed by atoms with E-state index >= 15 is 0 Å². The Morgan fingerprint density at radius 2 is 2.33 bits per heavy atom. The third kappa shape index (κ3) is 2.47. The molecular weight excluding hydrogens is 226 g/mol. The Morgan fingerprint density at radius 1 is 1.56 bits per heavy atom. The van der Waals surface area contributed by atoms with Gasteiger partial charge < -0.3 is 10.2 Å². The smallest absolute Gasteiger partial charge is 0.256 e. The second kappa shape index (κ2) is 5.38. The standard InChI is InChI=1S/C14H21N3O/c1-4-16-13-8-15-6-5-12(13)14(18)17-9-10(2)7-11(17)3/h5-6,8,10-11,16H,4,7,9H2,1-3H3. The summed E-state index contributed by atoms with van der Waals surface area (Å²) in [6.45, 7) is 7.98. The van der Waals surface area contributed by atoms with Crippen LogP contribution in [0.4, 0.5) is 5.69 Å². The number of nitrogens with one attached hydrogen (secondary N) is 1. The normalized spacial score (nSPS) is 23.2. The number of rotatable bonds is 3. The van der Waals surface area contributed by atoms with Crippen LogP contribution in [0.1, 0.15) is 37.6 Å². The van der Waals surface area contributed by atoms with Crippen molar-refractivity contribution in [3.05, 3.63) is 24.0 Å². The highest BCUT2D eigenvalue weighted by Gasteiger charge is 2.31. The SMILES string of the molecule is CCNc1cnccc1C(=O)N1CC(C)CC1C. The van der Waals surface area contributed by atoms with E-state index in [9.17, 15) is 4.79 Å². The van der Waals surface area contributed by atoms with Gasteiger partial charge in [-0.1, -0.05) is 6.92 Å². The summed E-state index contributed by atoms with van der Waals surface area (Å²) < 4.78 is 0. The van der Waals surface area contributed by atoms with E-state index in [2.05, 4.69) is 24.1 Å². The van der Waals surface area contributed by atoms with Crippen LogP contribution in [0.15, 0.2) is 18.5 Å². The first-order valence-corrected chi connectivity index (χ1v) is 6.62. The second-order valence-corrected chi connectivity index (χ2v) is 5.10. The largest absolute Gasteiger partial charge is 0.383 e. The molecule has 18 heavy (non-hydrogen) atoms. The van der Waals surface area contributed by atoms with Crippen molar-refractivity contribution in [3.8, 4) is 0 Å². The minimum Gasteiger partial charge on any atom is -0.383 e. The molecular formula is C14H21N3O. The predicted molar refractivity (Wildman–Crippen MR) is 72.7 cm³/mol. The van der Waals surface area contributed by atoms with Crippen molar-refractivity contribution < 1.29 is 4.79 Å². The van der Waals surface area contributed by atoms with E-state index in [0.29, 0.717) is 12.0 Å². The van der Waals surface area contributed by atoms with E-state index in [-0.39, 0.29) is 5.91 Å². The molecule has 1 saturated heterocycles. The van der Waals surface area contributed by atoms with Gasteiger partial charge in [-0.2, -0.15) is 0 Å². The zero-order valence-electron chi connectivity index (χ0n) is 11.3. The van der Waals surface area contributed by atoms with Crippen LogP contribution in [-0.2, 0) is 0 Å². The zero-order chi connectivity index (χ0) is 13.1. The molecule has 1 fully saturated rings. The number of carbonyl (C=O) groups excluding carboxylic acids is 1. The Bertz CT molecular complexity index is 433. The van der Waals surface area contributed by atoms with Crippen LogP contribution in [0.5, 0.6) is 0 Å². The number of hydrogen-bond donors (Lipinski definition) is 1. The maximum absolute atomic E-state index is 12.6. The molecule has 0 aromatic carbocycles.